The summed E-state index contributed by atoms with van der Waals surface area (Å²) in [6, 6.07) is 1.79. The van der Waals surface area contributed by atoms with E-state index in [0.717, 1.165) is 11.3 Å². The van der Waals surface area contributed by atoms with Gasteiger partial charge in [-0.1, -0.05) is 6.58 Å². The van der Waals surface area contributed by atoms with Crippen molar-refractivity contribution in [3.8, 4) is 0 Å². The molecule has 0 fully saturated rings. The molecule has 1 rings (SSSR count). The molecule has 0 spiro atoms. The second-order valence-corrected chi connectivity index (χ2v) is 1.96. The van der Waals surface area contributed by atoms with Crippen molar-refractivity contribution >= 4 is 5.76 Å². The van der Waals surface area contributed by atoms with Crippen molar-refractivity contribution in [2.24, 2.45) is 0 Å². The van der Waals surface area contributed by atoms with Gasteiger partial charge in [0.15, 0.2) is 0 Å². The second kappa shape index (κ2) is 1.97. The van der Waals surface area contributed by atoms with Gasteiger partial charge in [-0.3, -0.25) is 0 Å². The molecule has 48 valence electrons. The van der Waals surface area contributed by atoms with Crippen molar-refractivity contribution in [3.05, 3.63) is 30.1 Å². The van der Waals surface area contributed by atoms with Gasteiger partial charge < -0.3 is 10.1 Å². The van der Waals surface area contributed by atoms with Crippen LogP contribution in [0, 0.1) is 6.92 Å². The fourth-order valence-electron chi connectivity index (χ4n) is 0.765. The van der Waals surface area contributed by atoms with E-state index < -0.39 is 0 Å². The Morgan fingerprint density at radius 2 is 2.44 bits per heavy atom. The van der Waals surface area contributed by atoms with Crippen LogP contribution in [0.3, 0.4) is 0 Å². The average molecular weight is 123 g/mol. The lowest BCUT2D eigenvalue weighted by molar-refractivity contribution is 0.513. The van der Waals surface area contributed by atoms with Gasteiger partial charge in [0.2, 0.25) is 0 Å². The van der Waals surface area contributed by atoms with Crippen LogP contribution in [0.15, 0.2) is 18.8 Å². The summed E-state index contributed by atoms with van der Waals surface area (Å²) in [5, 5.41) is 8.88. The van der Waals surface area contributed by atoms with Gasteiger partial charge in [0.05, 0.1) is 0 Å². The van der Waals surface area contributed by atoms with Crippen LogP contribution in [0.5, 0.6) is 0 Å². The predicted octanol–water partition coefficient (Wildman–Crippen LogP) is 1.85. The van der Waals surface area contributed by atoms with E-state index in [1.807, 2.05) is 6.92 Å². The lowest BCUT2D eigenvalue weighted by Crippen LogP contribution is -1.79. The fourth-order valence-corrected chi connectivity index (χ4v) is 0.765. The van der Waals surface area contributed by atoms with Crippen LogP contribution in [0.4, 0.5) is 0 Å². The number of aryl methyl sites for hydroxylation is 1. The highest BCUT2D eigenvalue weighted by molar-refractivity contribution is 5.57. The molecule has 1 aromatic rings. The Hall–Kier alpha value is -1.18. The first kappa shape index (κ1) is 5.95. The minimum Gasteiger partial charge on any atom is -0.508 e. The zero-order chi connectivity index (χ0) is 6.85. The summed E-state index contributed by atoms with van der Waals surface area (Å²) in [7, 11) is 0. The Balaban J connectivity index is 3.08. The van der Waals surface area contributed by atoms with Crippen LogP contribution in [-0.4, -0.2) is 10.1 Å². The second-order valence-electron chi connectivity index (χ2n) is 1.96. The minimum atomic E-state index is 0.119. The Bertz CT molecular complexity index is 225. The number of nitrogens with one attached hydrogen (secondary N) is 1. The van der Waals surface area contributed by atoms with Crippen LogP contribution < -0.4 is 0 Å². The molecule has 0 saturated heterocycles. The van der Waals surface area contributed by atoms with E-state index in [0.29, 0.717) is 0 Å². The Kier molecular flexibility index (Phi) is 1.30. The van der Waals surface area contributed by atoms with Crippen molar-refractivity contribution in [1.29, 1.82) is 0 Å². The largest absolute Gasteiger partial charge is 0.508 e. The van der Waals surface area contributed by atoms with Crippen LogP contribution in [0.25, 0.3) is 5.76 Å². The molecule has 2 N–H and O–H groups in total. The number of H-pyrrole nitrogens is 1. The third-order valence-electron chi connectivity index (χ3n) is 1.26. The number of hydrogen-bond donors (Lipinski definition) is 2. The fraction of sp³-hybridized carbons (Fsp3) is 0.143. The first-order valence-electron chi connectivity index (χ1n) is 2.74. The maximum Gasteiger partial charge on any atom is 0.117 e. The van der Waals surface area contributed by atoms with Gasteiger partial charge in [-0.2, -0.15) is 0 Å². The normalized spacial score (nSPS) is 9.44. The summed E-state index contributed by atoms with van der Waals surface area (Å²) in [4.78, 5) is 2.93. The number of hydrogen-bond acceptors (Lipinski definition) is 1. The average Bonchev–Trinajstić information content (AvgIpc) is 2.13. The van der Waals surface area contributed by atoms with Gasteiger partial charge >= 0.3 is 0 Å². The van der Waals surface area contributed by atoms with Crippen LogP contribution in [0.2, 0.25) is 0 Å². The molecule has 0 unspecified atom stereocenters. The molecule has 2 nitrogen and oxygen atoms in total. The van der Waals surface area contributed by atoms with Gasteiger partial charge in [0.1, 0.15) is 5.76 Å². The zero-order valence-corrected chi connectivity index (χ0v) is 5.31. The molecule has 0 saturated carbocycles. The number of aliphatic hydroxyl groups excluding tert-OH is 1. The summed E-state index contributed by atoms with van der Waals surface area (Å²) in [6.07, 6.45) is 1.77. The molecular formula is C7H9NO. The lowest BCUT2D eigenvalue weighted by Gasteiger charge is -1.92. The van der Waals surface area contributed by atoms with Crippen molar-refractivity contribution in [1.82, 2.24) is 4.98 Å². The molecular weight excluding hydrogens is 114 g/mol. The monoisotopic (exact) mass is 123 g/mol. The molecule has 0 aliphatic rings. The quantitative estimate of drug-likeness (QED) is 0.549. The Morgan fingerprint density at radius 3 is 2.67 bits per heavy atom. The zero-order valence-electron chi connectivity index (χ0n) is 5.31. The van der Waals surface area contributed by atoms with Gasteiger partial charge in [-0.15, -0.1) is 0 Å². The topological polar surface area (TPSA) is 36.0 Å². The summed E-state index contributed by atoms with van der Waals surface area (Å²) < 4.78 is 0. The summed E-state index contributed by atoms with van der Waals surface area (Å²) in [5.74, 6) is 0.119. The number of rotatable bonds is 1. The molecule has 0 atom stereocenters. The van der Waals surface area contributed by atoms with Crippen molar-refractivity contribution < 1.29 is 5.11 Å². The lowest BCUT2D eigenvalue weighted by atomic mass is 10.2. The first-order chi connectivity index (χ1) is 4.22. The third-order valence-corrected chi connectivity index (χ3v) is 1.26. The maximum atomic E-state index is 8.88. The number of aromatic amines is 1. The van der Waals surface area contributed by atoms with Crippen LogP contribution >= 0.6 is 0 Å². The number of aromatic nitrogens is 1. The van der Waals surface area contributed by atoms with Gasteiger partial charge in [-0.25, -0.2) is 0 Å². The summed E-state index contributed by atoms with van der Waals surface area (Å²) in [6.45, 7) is 5.28. The molecule has 0 radical (unpaired) electrons. The van der Waals surface area contributed by atoms with E-state index in [9.17, 15) is 0 Å². The van der Waals surface area contributed by atoms with E-state index in [4.69, 9.17) is 5.11 Å². The highest BCUT2D eigenvalue weighted by atomic mass is 16.3. The highest BCUT2D eigenvalue weighted by Crippen LogP contribution is 2.11. The molecule has 1 aromatic heterocycles. The smallest absolute Gasteiger partial charge is 0.117 e. The van der Waals surface area contributed by atoms with Crippen molar-refractivity contribution in [2.45, 2.75) is 6.92 Å². The van der Waals surface area contributed by atoms with Crippen molar-refractivity contribution in [2.75, 3.05) is 0 Å². The molecule has 0 bridgehead atoms. The minimum absolute atomic E-state index is 0.119. The van der Waals surface area contributed by atoms with Crippen LogP contribution in [-0.2, 0) is 0 Å². The molecule has 0 amide bonds. The Labute approximate surface area is 53.8 Å². The molecule has 9 heavy (non-hydrogen) atoms. The summed E-state index contributed by atoms with van der Waals surface area (Å²) in [5.41, 5.74) is 1.73. The SMILES string of the molecule is C=C(O)c1cc[nH]c1C. The van der Waals surface area contributed by atoms with E-state index in [1.165, 1.54) is 0 Å². The number of aliphatic hydroxyl groups is 1. The molecule has 2 heteroatoms. The first-order valence-corrected chi connectivity index (χ1v) is 2.74. The summed E-state index contributed by atoms with van der Waals surface area (Å²) >= 11 is 0. The van der Waals surface area contributed by atoms with Gasteiger partial charge in [0.25, 0.3) is 0 Å². The van der Waals surface area contributed by atoms with E-state index >= 15 is 0 Å². The van der Waals surface area contributed by atoms with E-state index in [-0.39, 0.29) is 5.76 Å². The predicted molar refractivity (Wildman–Crippen MR) is 37.2 cm³/mol. The molecule has 0 aromatic carbocycles. The van der Waals surface area contributed by atoms with Crippen molar-refractivity contribution in [3.63, 3.8) is 0 Å². The highest BCUT2D eigenvalue weighted by Gasteiger charge is 1.98. The van der Waals surface area contributed by atoms with E-state index in [1.54, 1.807) is 12.3 Å². The van der Waals surface area contributed by atoms with Gasteiger partial charge in [-0.05, 0) is 13.0 Å². The molecule has 1 heterocycles. The van der Waals surface area contributed by atoms with Gasteiger partial charge in [0, 0.05) is 17.5 Å². The maximum absolute atomic E-state index is 8.88. The molecule has 0 aliphatic heterocycles. The van der Waals surface area contributed by atoms with Crippen LogP contribution in [0.1, 0.15) is 11.3 Å². The Morgan fingerprint density at radius 1 is 1.78 bits per heavy atom. The van der Waals surface area contributed by atoms with E-state index in [2.05, 4.69) is 11.6 Å². The molecule has 0 aliphatic carbocycles. The third kappa shape index (κ3) is 0.964. The standard InChI is InChI=1S/C7H9NO/c1-5-7(6(2)9)3-4-8-5/h3-4,8-9H,2H2,1H3.